The van der Waals surface area contributed by atoms with Crippen molar-refractivity contribution < 1.29 is 17.2 Å². The molecule has 0 atom stereocenters. The standard InChI is InChI=1S/C12H8BrClF2N2O2S/c13-7-4-12(10(17)5-9(7)16)21(19,20)18-11-2-1-6(15)3-8(11)14/h1-5,18H,17H2. The average molecular weight is 398 g/mol. The van der Waals surface area contributed by atoms with Crippen LogP contribution in [0.3, 0.4) is 0 Å². The van der Waals surface area contributed by atoms with E-state index >= 15 is 0 Å². The highest BCUT2D eigenvalue weighted by Crippen LogP contribution is 2.30. The first-order chi connectivity index (χ1) is 9.70. The minimum absolute atomic E-state index is 0.0158. The Balaban J connectivity index is 2.46. The Morgan fingerprint density at radius 2 is 1.86 bits per heavy atom. The van der Waals surface area contributed by atoms with E-state index in [4.69, 9.17) is 17.3 Å². The normalized spacial score (nSPS) is 11.4. The maximum absolute atomic E-state index is 13.3. The Hall–Kier alpha value is -1.38. The molecule has 0 fully saturated rings. The van der Waals surface area contributed by atoms with Crippen LogP contribution in [0.25, 0.3) is 0 Å². The molecule has 0 aliphatic heterocycles. The quantitative estimate of drug-likeness (QED) is 0.775. The highest BCUT2D eigenvalue weighted by atomic mass is 79.9. The van der Waals surface area contributed by atoms with Crippen LogP contribution >= 0.6 is 27.5 Å². The molecule has 0 heterocycles. The molecule has 0 saturated carbocycles. The fourth-order valence-corrected chi connectivity index (χ4v) is 3.53. The third-order valence-corrected chi connectivity index (χ3v) is 4.86. The number of hydrogen-bond acceptors (Lipinski definition) is 3. The van der Waals surface area contributed by atoms with Gasteiger partial charge in [-0.15, -0.1) is 0 Å². The molecule has 2 aromatic carbocycles. The monoisotopic (exact) mass is 396 g/mol. The Morgan fingerprint density at radius 3 is 2.48 bits per heavy atom. The smallest absolute Gasteiger partial charge is 0.264 e. The Bertz CT molecular complexity index is 815. The van der Waals surface area contributed by atoms with Crippen LogP contribution in [0.5, 0.6) is 0 Å². The maximum Gasteiger partial charge on any atom is 0.264 e. The van der Waals surface area contributed by atoms with Crippen LogP contribution in [0.2, 0.25) is 5.02 Å². The van der Waals surface area contributed by atoms with Gasteiger partial charge < -0.3 is 5.73 Å². The predicted octanol–water partition coefficient (Wildman–Crippen LogP) is 3.76. The van der Waals surface area contributed by atoms with Crippen molar-refractivity contribution in [3.05, 3.63) is 51.5 Å². The van der Waals surface area contributed by atoms with Gasteiger partial charge in [0.15, 0.2) is 0 Å². The van der Waals surface area contributed by atoms with E-state index in [1.807, 2.05) is 0 Å². The lowest BCUT2D eigenvalue weighted by molar-refractivity contribution is 0.599. The van der Waals surface area contributed by atoms with Gasteiger partial charge in [-0.3, -0.25) is 4.72 Å². The van der Waals surface area contributed by atoms with Crippen LogP contribution < -0.4 is 10.5 Å². The molecule has 0 aliphatic carbocycles. The molecule has 0 amide bonds. The summed E-state index contributed by atoms with van der Waals surface area (Å²) in [6.45, 7) is 0. The van der Waals surface area contributed by atoms with Crippen molar-refractivity contribution in [3.63, 3.8) is 0 Å². The lowest BCUT2D eigenvalue weighted by Gasteiger charge is -2.12. The summed E-state index contributed by atoms with van der Waals surface area (Å²) in [6.07, 6.45) is 0. The molecule has 0 aliphatic rings. The van der Waals surface area contributed by atoms with Gasteiger partial charge in [0.25, 0.3) is 10.0 Å². The number of nitrogens with two attached hydrogens (primary N) is 1. The fourth-order valence-electron chi connectivity index (χ4n) is 1.55. The summed E-state index contributed by atoms with van der Waals surface area (Å²) >= 11 is 8.64. The number of anilines is 2. The summed E-state index contributed by atoms with van der Waals surface area (Å²) in [7, 11) is -4.10. The van der Waals surface area contributed by atoms with E-state index in [1.54, 1.807) is 0 Å². The van der Waals surface area contributed by atoms with Gasteiger partial charge in [0.1, 0.15) is 16.5 Å². The number of halogens is 4. The largest absolute Gasteiger partial charge is 0.398 e. The minimum Gasteiger partial charge on any atom is -0.398 e. The summed E-state index contributed by atoms with van der Waals surface area (Å²) in [6, 6.07) is 5.09. The Morgan fingerprint density at radius 1 is 1.19 bits per heavy atom. The highest BCUT2D eigenvalue weighted by Gasteiger charge is 2.21. The van der Waals surface area contributed by atoms with Crippen LogP contribution in [0.1, 0.15) is 0 Å². The molecule has 112 valence electrons. The van der Waals surface area contributed by atoms with Crippen LogP contribution in [-0.4, -0.2) is 8.42 Å². The van der Waals surface area contributed by atoms with Crippen molar-refractivity contribution in [1.29, 1.82) is 0 Å². The molecule has 3 N–H and O–H groups in total. The molecule has 0 unspecified atom stereocenters. The molecule has 2 rings (SSSR count). The SMILES string of the molecule is Nc1cc(F)c(Br)cc1S(=O)(=O)Nc1ccc(F)cc1Cl. The zero-order valence-electron chi connectivity index (χ0n) is 10.2. The molecule has 0 aromatic heterocycles. The lowest BCUT2D eigenvalue weighted by Crippen LogP contribution is -2.15. The zero-order valence-corrected chi connectivity index (χ0v) is 13.4. The lowest BCUT2D eigenvalue weighted by atomic mass is 10.3. The summed E-state index contributed by atoms with van der Waals surface area (Å²) < 4.78 is 52.8. The number of rotatable bonds is 3. The van der Waals surface area contributed by atoms with Crippen LogP contribution in [0, 0.1) is 11.6 Å². The second-order valence-corrected chi connectivity index (χ2v) is 6.95. The zero-order chi connectivity index (χ0) is 15.8. The summed E-state index contributed by atoms with van der Waals surface area (Å²) in [4.78, 5) is -0.323. The number of hydrogen-bond donors (Lipinski definition) is 2. The Kier molecular flexibility index (Phi) is 4.40. The molecule has 0 saturated heterocycles. The van der Waals surface area contributed by atoms with Crippen LogP contribution in [0.4, 0.5) is 20.2 Å². The number of sulfonamides is 1. The first-order valence-electron chi connectivity index (χ1n) is 5.43. The molecule has 9 heteroatoms. The maximum atomic E-state index is 13.3. The predicted molar refractivity (Wildman–Crippen MR) is 80.7 cm³/mol. The van der Waals surface area contributed by atoms with Gasteiger partial charge in [0.05, 0.1) is 20.9 Å². The fraction of sp³-hybridized carbons (Fsp3) is 0. The molecule has 2 aromatic rings. The molecule has 0 spiro atoms. The van der Waals surface area contributed by atoms with Crippen molar-refractivity contribution in [3.8, 4) is 0 Å². The van der Waals surface area contributed by atoms with Crippen LogP contribution in [-0.2, 0) is 10.0 Å². The van der Waals surface area contributed by atoms with Gasteiger partial charge in [-0.25, -0.2) is 17.2 Å². The number of benzene rings is 2. The summed E-state index contributed by atoms with van der Waals surface area (Å²) in [5.41, 5.74) is 5.24. The average Bonchev–Trinajstić information content (AvgIpc) is 2.37. The topological polar surface area (TPSA) is 72.2 Å². The highest BCUT2D eigenvalue weighted by molar-refractivity contribution is 9.10. The van der Waals surface area contributed by atoms with Gasteiger partial charge in [-0.2, -0.15) is 0 Å². The molecule has 0 bridgehead atoms. The van der Waals surface area contributed by atoms with E-state index < -0.39 is 21.7 Å². The van der Waals surface area contributed by atoms with Gasteiger partial charge in [0, 0.05) is 0 Å². The minimum atomic E-state index is -4.10. The first kappa shape index (κ1) is 16.0. The van der Waals surface area contributed by atoms with Gasteiger partial charge in [-0.1, -0.05) is 11.6 Å². The van der Waals surface area contributed by atoms with E-state index in [2.05, 4.69) is 20.7 Å². The van der Waals surface area contributed by atoms with Crippen molar-refractivity contribution in [2.45, 2.75) is 4.90 Å². The Labute approximate surface area is 133 Å². The third kappa shape index (κ3) is 3.45. The second-order valence-electron chi connectivity index (χ2n) is 4.03. The van der Waals surface area contributed by atoms with E-state index in [0.29, 0.717) is 0 Å². The number of nitrogens with one attached hydrogen (secondary N) is 1. The van der Waals surface area contributed by atoms with Gasteiger partial charge >= 0.3 is 0 Å². The van der Waals surface area contributed by atoms with Gasteiger partial charge in [0.2, 0.25) is 0 Å². The van der Waals surface area contributed by atoms with Crippen molar-refractivity contribution in [2.75, 3.05) is 10.5 Å². The van der Waals surface area contributed by atoms with E-state index in [1.165, 1.54) is 6.07 Å². The third-order valence-electron chi connectivity index (χ3n) is 2.52. The molecule has 21 heavy (non-hydrogen) atoms. The molecule has 4 nitrogen and oxygen atoms in total. The van der Waals surface area contributed by atoms with Crippen molar-refractivity contribution >= 4 is 48.9 Å². The molecular formula is C12H8BrClF2N2O2S. The molecule has 0 radical (unpaired) electrons. The van der Waals surface area contributed by atoms with Crippen LogP contribution in [0.15, 0.2) is 39.7 Å². The number of nitrogen functional groups attached to an aromatic ring is 1. The summed E-state index contributed by atoms with van der Waals surface area (Å²) in [5.74, 6) is -1.29. The van der Waals surface area contributed by atoms with Gasteiger partial charge in [-0.05, 0) is 46.3 Å². The summed E-state index contributed by atoms with van der Waals surface area (Å²) in [5, 5.41) is -0.113. The van der Waals surface area contributed by atoms with E-state index in [0.717, 1.165) is 24.3 Å². The van der Waals surface area contributed by atoms with Crippen molar-refractivity contribution in [2.24, 2.45) is 0 Å². The van der Waals surface area contributed by atoms with Crippen molar-refractivity contribution in [1.82, 2.24) is 0 Å². The van der Waals surface area contributed by atoms with E-state index in [9.17, 15) is 17.2 Å². The molecular weight excluding hydrogens is 390 g/mol. The van der Waals surface area contributed by atoms with E-state index in [-0.39, 0.29) is 25.8 Å². The first-order valence-corrected chi connectivity index (χ1v) is 8.08. The second kappa shape index (κ2) is 5.78.